The summed E-state index contributed by atoms with van der Waals surface area (Å²) in [5, 5.41) is 13.7. The van der Waals surface area contributed by atoms with Crippen LogP contribution in [0.15, 0.2) is 41.4 Å². The van der Waals surface area contributed by atoms with Crippen molar-refractivity contribution in [2.45, 2.75) is 37.6 Å². The Morgan fingerprint density at radius 2 is 1.83 bits per heavy atom. The summed E-state index contributed by atoms with van der Waals surface area (Å²) in [6.07, 6.45) is 1.53. The second-order valence-electron chi connectivity index (χ2n) is 6.81. The average molecular weight is 351 g/mol. The zero-order valence-electron chi connectivity index (χ0n) is 14.6. The lowest BCUT2D eigenvalue weighted by Gasteiger charge is -2.24. The Morgan fingerprint density at radius 3 is 2.38 bits per heavy atom. The molecule has 1 heterocycles. The molecular formula is C17H25N3O3S. The summed E-state index contributed by atoms with van der Waals surface area (Å²) in [4.78, 5) is 0.196. The number of hydrogen-bond acceptors (Lipinski definition) is 4. The van der Waals surface area contributed by atoms with Gasteiger partial charge in [0.1, 0.15) is 4.90 Å². The molecule has 24 heavy (non-hydrogen) atoms. The normalized spacial score (nSPS) is 12.8. The minimum Gasteiger partial charge on any atom is -0.395 e. The zero-order valence-corrected chi connectivity index (χ0v) is 15.4. The van der Waals surface area contributed by atoms with Crippen molar-refractivity contribution >= 4 is 10.0 Å². The van der Waals surface area contributed by atoms with Crippen molar-refractivity contribution in [3.05, 3.63) is 47.8 Å². The van der Waals surface area contributed by atoms with Crippen molar-refractivity contribution in [2.24, 2.45) is 7.05 Å². The van der Waals surface area contributed by atoms with E-state index in [-0.39, 0.29) is 24.6 Å². The lowest BCUT2D eigenvalue weighted by molar-refractivity contribution is 0.251. The smallest absolute Gasteiger partial charge is 0.246 e. The molecule has 6 nitrogen and oxygen atoms in total. The fourth-order valence-electron chi connectivity index (χ4n) is 2.50. The van der Waals surface area contributed by atoms with Crippen molar-refractivity contribution < 1.29 is 13.5 Å². The van der Waals surface area contributed by atoms with Crippen molar-refractivity contribution in [3.63, 3.8) is 0 Å². The molecule has 0 atom stereocenters. The highest BCUT2D eigenvalue weighted by Gasteiger charge is 2.33. The highest BCUT2D eigenvalue weighted by molar-refractivity contribution is 7.89. The van der Waals surface area contributed by atoms with Crippen LogP contribution in [0.2, 0.25) is 0 Å². The first-order valence-corrected chi connectivity index (χ1v) is 9.29. The Bertz CT molecular complexity index is 777. The van der Waals surface area contributed by atoms with Crippen LogP contribution < -0.4 is 0 Å². The number of benzene rings is 1. The van der Waals surface area contributed by atoms with Crippen LogP contribution in [-0.2, 0) is 29.0 Å². The van der Waals surface area contributed by atoms with Crippen LogP contribution in [0.5, 0.6) is 0 Å². The van der Waals surface area contributed by atoms with Crippen molar-refractivity contribution in [1.82, 2.24) is 14.1 Å². The molecule has 0 aliphatic carbocycles. The van der Waals surface area contributed by atoms with E-state index in [1.54, 1.807) is 7.05 Å². The fourth-order valence-corrected chi connectivity index (χ4v) is 4.29. The summed E-state index contributed by atoms with van der Waals surface area (Å²) in [6, 6.07) is 9.35. The number of hydrogen-bond donors (Lipinski definition) is 1. The summed E-state index contributed by atoms with van der Waals surface area (Å²) < 4.78 is 29.2. The summed E-state index contributed by atoms with van der Waals surface area (Å²) in [7, 11) is -2.05. The predicted molar refractivity (Wildman–Crippen MR) is 93.0 cm³/mol. The van der Waals surface area contributed by atoms with E-state index in [9.17, 15) is 13.5 Å². The quantitative estimate of drug-likeness (QED) is 0.862. The van der Waals surface area contributed by atoms with E-state index in [0.717, 1.165) is 5.56 Å². The lowest BCUT2D eigenvalue weighted by atomic mass is 9.92. The molecule has 0 unspecified atom stereocenters. The van der Waals surface area contributed by atoms with E-state index < -0.39 is 15.4 Å². The third-order valence-corrected chi connectivity index (χ3v) is 5.52. The van der Waals surface area contributed by atoms with E-state index in [2.05, 4.69) is 5.10 Å². The zero-order chi connectivity index (χ0) is 18.0. The van der Waals surface area contributed by atoms with E-state index in [1.807, 2.05) is 51.1 Å². The van der Waals surface area contributed by atoms with Crippen molar-refractivity contribution in [1.29, 1.82) is 0 Å². The molecule has 1 aromatic heterocycles. The summed E-state index contributed by atoms with van der Waals surface area (Å²) in [6.45, 7) is 5.81. The average Bonchev–Trinajstić information content (AvgIpc) is 2.91. The maximum Gasteiger partial charge on any atom is 0.246 e. The monoisotopic (exact) mass is 351 g/mol. The Morgan fingerprint density at radius 1 is 1.21 bits per heavy atom. The van der Waals surface area contributed by atoms with Gasteiger partial charge in [-0.05, 0) is 5.56 Å². The number of sulfonamides is 1. The molecule has 0 aliphatic rings. The summed E-state index contributed by atoms with van der Waals surface area (Å²) in [5.41, 5.74) is 0.998. The Kier molecular flexibility index (Phi) is 5.47. The van der Waals surface area contributed by atoms with Gasteiger partial charge >= 0.3 is 0 Å². The van der Waals surface area contributed by atoms with E-state index in [4.69, 9.17) is 0 Å². The minimum atomic E-state index is -3.76. The molecule has 132 valence electrons. The molecule has 0 fully saturated rings. The van der Waals surface area contributed by atoms with Crippen LogP contribution in [-0.4, -0.2) is 40.8 Å². The van der Waals surface area contributed by atoms with Gasteiger partial charge in [-0.3, -0.25) is 4.68 Å². The summed E-state index contributed by atoms with van der Waals surface area (Å²) in [5.74, 6) is 0. The molecule has 7 heteroatoms. The van der Waals surface area contributed by atoms with Gasteiger partial charge < -0.3 is 5.11 Å². The van der Waals surface area contributed by atoms with Crippen LogP contribution in [0.1, 0.15) is 32.0 Å². The van der Waals surface area contributed by atoms with Gasteiger partial charge in [-0.2, -0.15) is 9.40 Å². The molecule has 2 rings (SSSR count). The molecule has 0 radical (unpaired) electrons. The number of aliphatic hydroxyl groups is 1. The van der Waals surface area contributed by atoms with Crippen LogP contribution >= 0.6 is 0 Å². The van der Waals surface area contributed by atoms with Crippen LogP contribution in [0, 0.1) is 0 Å². The maximum atomic E-state index is 13.2. The minimum absolute atomic E-state index is 0.0374. The largest absolute Gasteiger partial charge is 0.395 e. The number of rotatable bonds is 6. The Balaban J connectivity index is 2.46. The fraction of sp³-hybridized carbons (Fsp3) is 0.471. The first kappa shape index (κ1) is 18.6. The van der Waals surface area contributed by atoms with Gasteiger partial charge in [0.15, 0.2) is 0 Å². The van der Waals surface area contributed by atoms with Gasteiger partial charge in [-0.15, -0.1) is 0 Å². The van der Waals surface area contributed by atoms with Crippen LogP contribution in [0.3, 0.4) is 0 Å². The van der Waals surface area contributed by atoms with Gasteiger partial charge in [0.25, 0.3) is 0 Å². The number of nitrogens with zero attached hydrogens (tertiary/aromatic N) is 3. The SMILES string of the molecule is Cn1cc(S(=O)(=O)N(CCO)Cc2ccccc2)c(C(C)(C)C)n1. The third kappa shape index (κ3) is 4.03. The molecule has 0 bridgehead atoms. The molecular weight excluding hydrogens is 326 g/mol. The van der Waals surface area contributed by atoms with Gasteiger partial charge in [-0.1, -0.05) is 51.1 Å². The Hall–Kier alpha value is -1.70. The second-order valence-corrected chi connectivity index (χ2v) is 8.72. The van der Waals surface area contributed by atoms with E-state index in [0.29, 0.717) is 5.69 Å². The third-order valence-electron chi connectivity index (χ3n) is 3.67. The standard InChI is InChI=1S/C17H25N3O3S/c1-17(2,3)16-15(13-19(4)18-16)24(22,23)20(10-11-21)12-14-8-6-5-7-9-14/h5-9,13,21H,10-12H2,1-4H3. The number of aryl methyl sites for hydroxylation is 1. The Labute approximate surface area is 143 Å². The highest BCUT2D eigenvalue weighted by Crippen LogP contribution is 2.29. The van der Waals surface area contributed by atoms with Crippen LogP contribution in [0.25, 0.3) is 0 Å². The lowest BCUT2D eigenvalue weighted by Crippen LogP contribution is -2.34. The van der Waals surface area contributed by atoms with Gasteiger partial charge in [0.2, 0.25) is 10.0 Å². The molecule has 0 spiro atoms. The van der Waals surface area contributed by atoms with Gasteiger partial charge in [-0.25, -0.2) is 8.42 Å². The molecule has 2 aromatic rings. The second kappa shape index (κ2) is 7.04. The molecule has 0 aliphatic heterocycles. The van der Waals surface area contributed by atoms with Crippen LogP contribution in [0.4, 0.5) is 0 Å². The van der Waals surface area contributed by atoms with E-state index in [1.165, 1.54) is 15.2 Å². The first-order chi connectivity index (χ1) is 11.2. The number of aromatic nitrogens is 2. The first-order valence-electron chi connectivity index (χ1n) is 7.85. The molecule has 0 saturated carbocycles. The van der Waals surface area contributed by atoms with Crippen molar-refractivity contribution in [3.8, 4) is 0 Å². The molecule has 0 saturated heterocycles. The maximum absolute atomic E-state index is 13.2. The van der Waals surface area contributed by atoms with E-state index >= 15 is 0 Å². The topological polar surface area (TPSA) is 75.4 Å². The highest BCUT2D eigenvalue weighted by atomic mass is 32.2. The number of aliphatic hydroxyl groups excluding tert-OH is 1. The molecule has 1 aromatic carbocycles. The van der Waals surface area contributed by atoms with Gasteiger partial charge in [0, 0.05) is 31.7 Å². The molecule has 0 amide bonds. The van der Waals surface area contributed by atoms with Crippen molar-refractivity contribution in [2.75, 3.05) is 13.2 Å². The van der Waals surface area contributed by atoms with Gasteiger partial charge in [0.05, 0.1) is 12.3 Å². The predicted octanol–water partition coefficient (Wildman–Crippen LogP) is 1.90. The summed E-state index contributed by atoms with van der Waals surface area (Å²) >= 11 is 0. The molecule has 1 N–H and O–H groups in total.